The van der Waals surface area contributed by atoms with Gasteiger partial charge in [-0.25, -0.2) is 0 Å². The fourth-order valence-electron chi connectivity index (χ4n) is 3.69. The first kappa shape index (κ1) is 26.4. The summed E-state index contributed by atoms with van der Waals surface area (Å²) in [5.41, 5.74) is 3.31. The van der Waals surface area contributed by atoms with Crippen molar-refractivity contribution < 1.29 is 14.2 Å². The van der Waals surface area contributed by atoms with Crippen molar-refractivity contribution in [3.05, 3.63) is 85.8 Å². The third kappa shape index (κ3) is 7.15. The van der Waals surface area contributed by atoms with Crippen molar-refractivity contribution in [2.45, 2.75) is 45.7 Å². The largest absolute Gasteiger partial charge is 0.488 e. The van der Waals surface area contributed by atoms with Crippen LogP contribution in [0.25, 0.3) is 11.1 Å². The van der Waals surface area contributed by atoms with E-state index in [0.29, 0.717) is 37.6 Å². The van der Waals surface area contributed by atoms with Crippen LogP contribution in [0.3, 0.4) is 0 Å². The molecule has 0 aliphatic heterocycles. The smallest absolute Gasteiger partial charge is 0.231 e. The van der Waals surface area contributed by atoms with E-state index in [-0.39, 0.29) is 5.43 Å². The molecule has 0 atom stereocenters. The first-order valence-electron chi connectivity index (χ1n) is 11.5. The molecule has 0 saturated carbocycles. The van der Waals surface area contributed by atoms with Gasteiger partial charge in [-0.3, -0.25) is 4.79 Å². The summed E-state index contributed by atoms with van der Waals surface area (Å²) in [5.74, 6) is 0.385. The first-order valence-corrected chi connectivity index (χ1v) is 12.6. The molecule has 3 aromatic rings. The zero-order chi connectivity index (χ0) is 24.3. The molecule has 0 unspecified atom stereocenters. The summed E-state index contributed by atoms with van der Waals surface area (Å²) in [6.07, 6.45) is 3.30. The summed E-state index contributed by atoms with van der Waals surface area (Å²) >= 11 is 2.31. The van der Waals surface area contributed by atoms with Crippen molar-refractivity contribution in [3.63, 3.8) is 0 Å². The van der Waals surface area contributed by atoms with Gasteiger partial charge in [0, 0.05) is 42.6 Å². The lowest BCUT2D eigenvalue weighted by molar-refractivity contribution is -0.111. The summed E-state index contributed by atoms with van der Waals surface area (Å²) < 4.78 is 20.3. The molecule has 1 N–H and O–H groups in total. The number of methoxy groups -OCH3 is 2. The van der Waals surface area contributed by atoms with Crippen LogP contribution in [0.15, 0.2) is 65.6 Å². The lowest BCUT2D eigenvalue weighted by atomic mass is 10.1. The van der Waals surface area contributed by atoms with Crippen LogP contribution in [0.1, 0.15) is 31.0 Å². The van der Waals surface area contributed by atoms with Gasteiger partial charge in [0.25, 0.3) is 0 Å². The van der Waals surface area contributed by atoms with Crippen molar-refractivity contribution in [2.75, 3.05) is 20.8 Å². The van der Waals surface area contributed by atoms with E-state index in [0.717, 1.165) is 24.1 Å². The van der Waals surface area contributed by atoms with E-state index in [1.807, 2.05) is 47.2 Å². The number of hydrogen-bond donors (Lipinski definition) is 1. The number of pyridine rings is 1. The molecule has 0 bridgehead atoms. The van der Waals surface area contributed by atoms with Gasteiger partial charge in [0.05, 0.1) is 18.8 Å². The summed E-state index contributed by atoms with van der Waals surface area (Å²) in [4.78, 5) is 13.6. The van der Waals surface area contributed by atoms with Crippen LogP contribution in [0.5, 0.6) is 5.75 Å². The minimum absolute atomic E-state index is 0.101. The molecular formula is C27H33IN2O4. The molecule has 6 nitrogen and oxygen atoms in total. The van der Waals surface area contributed by atoms with E-state index in [1.54, 1.807) is 14.2 Å². The summed E-state index contributed by atoms with van der Waals surface area (Å²) in [6, 6.07) is 18.0. The lowest BCUT2D eigenvalue weighted by Gasteiger charge is -2.23. The number of nitrogens with one attached hydrogen (secondary N) is 1. The van der Waals surface area contributed by atoms with E-state index < -0.39 is 6.29 Å². The Hall–Kier alpha value is -2.20. The van der Waals surface area contributed by atoms with Gasteiger partial charge in [-0.05, 0) is 52.3 Å². The Morgan fingerprint density at radius 3 is 2.47 bits per heavy atom. The number of hydrogen-bond acceptors (Lipinski definition) is 5. The molecule has 1 aromatic heterocycles. The Bertz CT molecular complexity index is 1100. The van der Waals surface area contributed by atoms with Crippen LogP contribution < -0.4 is 15.5 Å². The predicted molar refractivity (Wildman–Crippen MR) is 144 cm³/mol. The molecule has 182 valence electrons. The SMILES string of the molecule is CCCCOc1c(CNCc2cccc(I)c2)n(CC(OC)OC)cc(-c2ccccc2)c1=O. The number of rotatable bonds is 13. The second-order valence-electron chi connectivity index (χ2n) is 8.00. The standard InChI is InChI=1S/C27H33IN2O4/c1-4-5-14-34-27-24(17-29-16-20-10-9-13-22(28)15-20)30(19-25(32-2)33-3)18-23(26(27)31)21-11-7-6-8-12-21/h6-13,15,18,25,29H,4-5,14,16-17,19H2,1-3H3. The quantitative estimate of drug-likeness (QED) is 0.172. The number of unbranched alkanes of at least 4 members (excludes halogenated alkanes) is 1. The molecule has 0 spiro atoms. The molecule has 0 radical (unpaired) electrons. The number of aromatic nitrogens is 1. The number of ether oxygens (including phenoxy) is 3. The van der Waals surface area contributed by atoms with Crippen molar-refractivity contribution in [1.29, 1.82) is 0 Å². The number of nitrogens with zero attached hydrogens (tertiary/aromatic N) is 1. The molecule has 1 heterocycles. The van der Waals surface area contributed by atoms with Crippen molar-refractivity contribution >= 4 is 22.6 Å². The average molecular weight is 576 g/mol. The monoisotopic (exact) mass is 576 g/mol. The second kappa shape index (κ2) is 13.6. The van der Waals surface area contributed by atoms with Gasteiger partial charge in [0.2, 0.25) is 5.43 Å². The molecule has 0 saturated heterocycles. The van der Waals surface area contributed by atoms with Crippen molar-refractivity contribution in [2.24, 2.45) is 0 Å². The minimum Gasteiger partial charge on any atom is -0.488 e. The Balaban J connectivity index is 2.02. The lowest BCUT2D eigenvalue weighted by Crippen LogP contribution is -2.28. The molecule has 7 heteroatoms. The van der Waals surface area contributed by atoms with Gasteiger partial charge in [-0.2, -0.15) is 0 Å². The topological polar surface area (TPSA) is 61.7 Å². The first-order chi connectivity index (χ1) is 16.6. The number of benzene rings is 2. The van der Waals surface area contributed by atoms with Gasteiger partial charge in [0.15, 0.2) is 12.0 Å². The van der Waals surface area contributed by atoms with Crippen LogP contribution in [0.4, 0.5) is 0 Å². The molecule has 0 fully saturated rings. The molecule has 0 aliphatic carbocycles. The highest BCUT2D eigenvalue weighted by molar-refractivity contribution is 14.1. The Kier molecular flexibility index (Phi) is 10.6. The van der Waals surface area contributed by atoms with Crippen molar-refractivity contribution in [3.8, 4) is 16.9 Å². The summed E-state index contributed by atoms with van der Waals surface area (Å²) in [7, 11) is 3.23. The van der Waals surface area contributed by atoms with Crippen LogP contribution >= 0.6 is 22.6 Å². The maximum atomic E-state index is 13.6. The Morgan fingerprint density at radius 2 is 1.79 bits per heavy atom. The van der Waals surface area contributed by atoms with E-state index >= 15 is 0 Å². The van der Waals surface area contributed by atoms with Gasteiger partial charge in [-0.1, -0.05) is 55.8 Å². The highest BCUT2D eigenvalue weighted by Crippen LogP contribution is 2.23. The van der Waals surface area contributed by atoms with Crippen LogP contribution in [0.2, 0.25) is 0 Å². The maximum absolute atomic E-state index is 13.6. The van der Waals surface area contributed by atoms with Crippen LogP contribution in [0, 0.1) is 3.57 Å². The second-order valence-corrected chi connectivity index (χ2v) is 9.25. The molecule has 0 aliphatic rings. The summed E-state index contributed by atoms with van der Waals surface area (Å²) in [5, 5.41) is 3.49. The number of halogens is 1. The van der Waals surface area contributed by atoms with Gasteiger partial charge >= 0.3 is 0 Å². The van der Waals surface area contributed by atoms with Crippen LogP contribution in [-0.2, 0) is 29.1 Å². The predicted octanol–water partition coefficient (Wildman–Crippen LogP) is 5.21. The molecule has 2 aromatic carbocycles. The fraction of sp³-hybridized carbons (Fsp3) is 0.370. The molecule has 0 amide bonds. The molecule has 3 rings (SSSR count). The highest BCUT2D eigenvalue weighted by atomic mass is 127. The molecular weight excluding hydrogens is 543 g/mol. The van der Waals surface area contributed by atoms with E-state index in [1.165, 1.54) is 9.13 Å². The normalized spacial score (nSPS) is 11.2. The average Bonchev–Trinajstić information content (AvgIpc) is 2.85. The summed E-state index contributed by atoms with van der Waals surface area (Å²) in [6.45, 7) is 4.17. The third-order valence-electron chi connectivity index (χ3n) is 5.56. The maximum Gasteiger partial charge on any atom is 0.231 e. The van der Waals surface area contributed by atoms with E-state index in [9.17, 15) is 4.79 Å². The van der Waals surface area contributed by atoms with E-state index in [4.69, 9.17) is 14.2 Å². The van der Waals surface area contributed by atoms with Crippen LogP contribution in [-0.4, -0.2) is 31.7 Å². The van der Waals surface area contributed by atoms with E-state index in [2.05, 4.69) is 53.0 Å². The minimum atomic E-state index is -0.455. The van der Waals surface area contributed by atoms with Gasteiger partial charge < -0.3 is 24.1 Å². The zero-order valence-corrected chi connectivity index (χ0v) is 22.2. The van der Waals surface area contributed by atoms with Gasteiger partial charge in [-0.15, -0.1) is 0 Å². The molecule has 34 heavy (non-hydrogen) atoms. The van der Waals surface area contributed by atoms with Gasteiger partial charge in [0.1, 0.15) is 0 Å². The highest BCUT2D eigenvalue weighted by Gasteiger charge is 2.20. The Morgan fingerprint density at radius 1 is 1.03 bits per heavy atom. The van der Waals surface area contributed by atoms with Crippen molar-refractivity contribution in [1.82, 2.24) is 9.88 Å². The Labute approximate surface area is 215 Å². The zero-order valence-electron chi connectivity index (χ0n) is 20.1. The third-order valence-corrected chi connectivity index (χ3v) is 6.23. The fourth-order valence-corrected chi connectivity index (χ4v) is 4.30.